The van der Waals surface area contributed by atoms with E-state index in [1.807, 2.05) is 0 Å². The van der Waals surface area contributed by atoms with E-state index in [4.69, 9.17) is 0 Å². The Kier molecular flexibility index (Phi) is 3.90. The van der Waals surface area contributed by atoms with Crippen molar-refractivity contribution in [3.05, 3.63) is 47.1 Å². The number of allylic oxidation sites excluding steroid dienone is 6. The normalized spacial score (nSPS) is 25.9. The van der Waals surface area contributed by atoms with Gasteiger partial charge in [0.1, 0.15) is 12.1 Å². The standard InChI is InChI=1S/C16H19N3O/c20-9-5-8-15-17-16(19-18-15)14-10-12-6-3-1-2-4-7-13(12)11-14/h1,3,6-7,9,14H,2,4-5,8,10-11H2,(H,17,18,19)/b3-1-,12-6-,13-7?. The predicted octanol–water partition coefficient (Wildman–Crippen LogP) is 3.02. The van der Waals surface area contributed by atoms with E-state index in [-0.39, 0.29) is 0 Å². The van der Waals surface area contributed by atoms with E-state index in [0.717, 1.165) is 43.6 Å². The van der Waals surface area contributed by atoms with E-state index in [1.165, 1.54) is 11.1 Å². The maximum absolute atomic E-state index is 10.4. The van der Waals surface area contributed by atoms with Crippen LogP contribution in [-0.2, 0) is 11.2 Å². The number of aromatic nitrogens is 3. The molecule has 0 spiro atoms. The molecule has 0 aliphatic heterocycles. The zero-order valence-electron chi connectivity index (χ0n) is 11.5. The summed E-state index contributed by atoms with van der Waals surface area (Å²) in [7, 11) is 0. The van der Waals surface area contributed by atoms with Gasteiger partial charge in [-0.25, -0.2) is 4.98 Å². The third kappa shape index (κ3) is 2.79. The number of aromatic amines is 1. The molecular formula is C16H19N3O. The van der Waals surface area contributed by atoms with Gasteiger partial charge < -0.3 is 4.79 Å². The third-order valence-electron chi connectivity index (χ3n) is 3.92. The molecule has 0 bridgehead atoms. The molecule has 2 aliphatic carbocycles. The quantitative estimate of drug-likeness (QED) is 0.855. The monoisotopic (exact) mass is 269 g/mol. The Morgan fingerprint density at radius 1 is 1.30 bits per heavy atom. The Labute approximate surface area is 118 Å². The molecule has 1 saturated carbocycles. The molecule has 3 rings (SSSR count). The van der Waals surface area contributed by atoms with Crippen LogP contribution in [0.1, 0.15) is 49.7 Å². The van der Waals surface area contributed by atoms with Crippen LogP contribution in [0.3, 0.4) is 0 Å². The first-order valence-corrected chi connectivity index (χ1v) is 7.26. The van der Waals surface area contributed by atoms with Gasteiger partial charge in [-0.15, -0.1) is 0 Å². The summed E-state index contributed by atoms with van der Waals surface area (Å²) in [6, 6.07) is 0. The lowest BCUT2D eigenvalue weighted by molar-refractivity contribution is -0.107. The summed E-state index contributed by atoms with van der Waals surface area (Å²) in [4.78, 5) is 14.9. The van der Waals surface area contributed by atoms with Crippen molar-refractivity contribution in [3.8, 4) is 0 Å². The van der Waals surface area contributed by atoms with Gasteiger partial charge in [0.25, 0.3) is 0 Å². The molecule has 4 heteroatoms. The van der Waals surface area contributed by atoms with Crippen molar-refractivity contribution >= 4 is 6.29 Å². The van der Waals surface area contributed by atoms with Crippen molar-refractivity contribution in [2.45, 2.75) is 44.4 Å². The van der Waals surface area contributed by atoms with Crippen molar-refractivity contribution < 1.29 is 4.79 Å². The molecule has 1 N–H and O–H groups in total. The van der Waals surface area contributed by atoms with Crippen LogP contribution in [0.4, 0.5) is 0 Å². The summed E-state index contributed by atoms with van der Waals surface area (Å²) in [6.45, 7) is 0. The fourth-order valence-electron chi connectivity index (χ4n) is 2.87. The molecule has 1 fully saturated rings. The van der Waals surface area contributed by atoms with Gasteiger partial charge in [-0.1, -0.05) is 24.3 Å². The number of nitrogens with one attached hydrogen (secondary N) is 1. The van der Waals surface area contributed by atoms with Crippen LogP contribution in [0.2, 0.25) is 0 Å². The highest BCUT2D eigenvalue weighted by Crippen LogP contribution is 2.41. The number of carbonyl (C=O) groups is 1. The van der Waals surface area contributed by atoms with Gasteiger partial charge in [-0.3, -0.25) is 5.10 Å². The second kappa shape index (κ2) is 5.99. The molecule has 104 valence electrons. The van der Waals surface area contributed by atoms with Crippen molar-refractivity contribution in [3.63, 3.8) is 0 Å². The molecule has 1 atom stereocenters. The summed E-state index contributed by atoms with van der Waals surface area (Å²) in [6.07, 6.45) is 15.3. The molecule has 0 amide bonds. The van der Waals surface area contributed by atoms with Crippen LogP contribution in [0.5, 0.6) is 0 Å². The molecule has 1 aromatic heterocycles. The minimum Gasteiger partial charge on any atom is -0.303 e. The maximum atomic E-state index is 10.4. The first-order valence-electron chi connectivity index (χ1n) is 7.26. The summed E-state index contributed by atoms with van der Waals surface area (Å²) in [5.41, 5.74) is 2.88. The molecule has 0 aromatic carbocycles. The first-order chi connectivity index (χ1) is 9.86. The Hall–Kier alpha value is -1.97. The SMILES string of the molecule is O=CCCc1nc(C2CC3=CCC/C=C\C=C/3C2)n[nH]1. The number of hydrogen-bond donors (Lipinski definition) is 1. The molecular weight excluding hydrogens is 250 g/mol. The molecule has 1 unspecified atom stereocenters. The first kappa shape index (κ1) is 13.0. The zero-order chi connectivity index (χ0) is 13.8. The number of fused-ring (bicyclic) bond motifs is 1. The number of aldehydes is 1. The van der Waals surface area contributed by atoms with E-state index >= 15 is 0 Å². The molecule has 20 heavy (non-hydrogen) atoms. The summed E-state index contributed by atoms with van der Waals surface area (Å²) >= 11 is 0. The number of carbonyl (C=O) groups excluding carboxylic acids is 1. The smallest absolute Gasteiger partial charge is 0.154 e. The molecule has 0 saturated heterocycles. The molecule has 1 aromatic rings. The molecule has 2 aliphatic rings. The van der Waals surface area contributed by atoms with Gasteiger partial charge in [-0.2, -0.15) is 5.10 Å². The van der Waals surface area contributed by atoms with Crippen molar-refractivity contribution in [2.75, 3.05) is 0 Å². The van der Waals surface area contributed by atoms with E-state index in [0.29, 0.717) is 18.8 Å². The summed E-state index contributed by atoms with van der Waals surface area (Å²) in [5, 5.41) is 7.28. The highest BCUT2D eigenvalue weighted by molar-refractivity contribution is 5.49. The molecule has 4 nitrogen and oxygen atoms in total. The lowest BCUT2D eigenvalue weighted by Crippen LogP contribution is -1.96. The maximum Gasteiger partial charge on any atom is 0.154 e. The van der Waals surface area contributed by atoms with Crippen molar-refractivity contribution in [2.24, 2.45) is 0 Å². The van der Waals surface area contributed by atoms with Crippen LogP contribution < -0.4 is 0 Å². The summed E-state index contributed by atoms with van der Waals surface area (Å²) < 4.78 is 0. The fraction of sp³-hybridized carbons (Fsp3) is 0.438. The Bertz CT molecular complexity index is 580. The second-order valence-electron chi connectivity index (χ2n) is 5.38. The highest BCUT2D eigenvalue weighted by Gasteiger charge is 2.28. The average molecular weight is 269 g/mol. The van der Waals surface area contributed by atoms with Crippen LogP contribution in [0, 0.1) is 0 Å². The minimum absolute atomic E-state index is 0.375. The fourth-order valence-corrected chi connectivity index (χ4v) is 2.87. The van der Waals surface area contributed by atoms with Gasteiger partial charge in [0.15, 0.2) is 5.82 Å². The third-order valence-corrected chi connectivity index (χ3v) is 3.92. The zero-order valence-corrected chi connectivity index (χ0v) is 11.5. The topological polar surface area (TPSA) is 58.6 Å². The largest absolute Gasteiger partial charge is 0.303 e. The number of aryl methyl sites for hydroxylation is 1. The van der Waals surface area contributed by atoms with Crippen LogP contribution in [-0.4, -0.2) is 21.5 Å². The Balaban J connectivity index is 1.74. The van der Waals surface area contributed by atoms with E-state index < -0.39 is 0 Å². The summed E-state index contributed by atoms with van der Waals surface area (Å²) in [5.74, 6) is 2.09. The number of hydrogen-bond acceptors (Lipinski definition) is 3. The minimum atomic E-state index is 0.375. The van der Waals surface area contributed by atoms with E-state index in [9.17, 15) is 4.79 Å². The Morgan fingerprint density at radius 3 is 3.10 bits per heavy atom. The molecule has 0 radical (unpaired) electrons. The Morgan fingerprint density at radius 2 is 2.20 bits per heavy atom. The van der Waals surface area contributed by atoms with Gasteiger partial charge >= 0.3 is 0 Å². The lowest BCUT2D eigenvalue weighted by Gasteiger charge is -2.01. The molecule has 1 heterocycles. The van der Waals surface area contributed by atoms with Crippen LogP contribution in [0.15, 0.2) is 35.5 Å². The van der Waals surface area contributed by atoms with E-state index in [1.54, 1.807) is 0 Å². The van der Waals surface area contributed by atoms with Gasteiger partial charge in [0.2, 0.25) is 0 Å². The second-order valence-corrected chi connectivity index (χ2v) is 5.38. The number of nitrogens with zero attached hydrogens (tertiary/aromatic N) is 2. The van der Waals surface area contributed by atoms with Crippen LogP contribution >= 0.6 is 0 Å². The number of H-pyrrole nitrogens is 1. The van der Waals surface area contributed by atoms with Gasteiger partial charge in [-0.05, 0) is 36.8 Å². The van der Waals surface area contributed by atoms with E-state index in [2.05, 4.69) is 39.5 Å². The predicted molar refractivity (Wildman–Crippen MR) is 77.3 cm³/mol. The van der Waals surface area contributed by atoms with Gasteiger partial charge in [0, 0.05) is 18.8 Å². The van der Waals surface area contributed by atoms with Gasteiger partial charge in [0.05, 0.1) is 0 Å². The highest BCUT2D eigenvalue weighted by atomic mass is 16.1. The van der Waals surface area contributed by atoms with Crippen molar-refractivity contribution in [1.29, 1.82) is 0 Å². The van der Waals surface area contributed by atoms with Crippen molar-refractivity contribution in [1.82, 2.24) is 15.2 Å². The average Bonchev–Trinajstić information content (AvgIpc) is 3.03. The lowest BCUT2D eigenvalue weighted by atomic mass is 10.0. The number of rotatable bonds is 4. The van der Waals surface area contributed by atoms with Crippen LogP contribution in [0.25, 0.3) is 0 Å².